The van der Waals surface area contributed by atoms with Crippen LogP contribution in [0.1, 0.15) is 57.7 Å². The molecule has 3 unspecified atom stereocenters. The van der Waals surface area contributed by atoms with E-state index in [4.69, 9.17) is 14.7 Å². The van der Waals surface area contributed by atoms with Gasteiger partial charge in [0.05, 0.1) is 19.8 Å². The number of aromatic nitrogens is 2. The number of ether oxygens (including phenoxy) is 1. The van der Waals surface area contributed by atoms with Crippen molar-refractivity contribution in [2.75, 3.05) is 72.1 Å². The maximum absolute atomic E-state index is 6.01. The molecule has 1 aromatic heterocycles. The first-order valence-corrected chi connectivity index (χ1v) is 16.2. The Bertz CT molecular complexity index is 1050. The van der Waals surface area contributed by atoms with Gasteiger partial charge in [0.25, 0.3) is 0 Å². The number of hydrazine groups is 1. The number of unbranched alkanes of at least 4 members (excludes halogenated alkanes) is 3. The molecule has 5 aliphatic rings. The Balaban J connectivity index is 1.63. The van der Waals surface area contributed by atoms with Gasteiger partial charge in [0, 0.05) is 83.1 Å². The summed E-state index contributed by atoms with van der Waals surface area (Å²) in [7, 11) is 0. The molecule has 0 amide bonds. The van der Waals surface area contributed by atoms with E-state index in [2.05, 4.69) is 73.7 Å². The zero-order chi connectivity index (χ0) is 28.0. The molecular weight excluding hydrogens is 512 g/mol. The summed E-state index contributed by atoms with van der Waals surface area (Å²) in [6, 6.07) is 1.97. The highest BCUT2D eigenvalue weighted by Crippen LogP contribution is 2.56. The Kier molecular flexibility index (Phi) is 9.37. The van der Waals surface area contributed by atoms with Gasteiger partial charge in [-0.05, 0) is 31.4 Å². The van der Waals surface area contributed by atoms with Crippen molar-refractivity contribution >= 4 is 0 Å². The van der Waals surface area contributed by atoms with Crippen LogP contribution in [0.25, 0.3) is 0 Å². The highest BCUT2D eigenvalue weighted by molar-refractivity contribution is 5.29. The van der Waals surface area contributed by atoms with Crippen LogP contribution in [0.5, 0.6) is 0 Å². The molecule has 0 spiro atoms. The van der Waals surface area contributed by atoms with E-state index >= 15 is 0 Å². The molecule has 0 bridgehead atoms. The van der Waals surface area contributed by atoms with Crippen molar-refractivity contribution in [3.8, 4) is 0 Å². The third-order valence-corrected chi connectivity index (χ3v) is 9.80. The number of likely N-dealkylation sites (tertiary alicyclic amines) is 1. The molecule has 0 saturated carbocycles. The summed E-state index contributed by atoms with van der Waals surface area (Å²) in [6.07, 6.45) is 26.4. The second kappa shape index (κ2) is 13.3. The number of hydrogen-bond donors (Lipinski definition) is 1. The maximum Gasteiger partial charge on any atom is 0.205 e. The molecule has 0 radical (unpaired) electrons. The van der Waals surface area contributed by atoms with Gasteiger partial charge in [0.2, 0.25) is 5.66 Å². The predicted octanol–water partition coefficient (Wildman–Crippen LogP) is 3.38. The molecule has 3 atom stereocenters. The van der Waals surface area contributed by atoms with E-state index < -0.39 is 5.66 Å². The molecule has 3 saturated heterocycles. The molecular formula is C32H50N8O. The van der Waals surface area contributed by atoms with Gasteiger partial charge in [0.15, 0.2) is 5.82 Å². The Morgan fingerprint density at radius 1 is 0.878 bits per heavy atom. The Morgan fingerprint density at radius 2 is 1.63 bits per heavy atom. The highest BCUT2D eigenvalue weighted by Gasteiger charge is 2.71. The van der Waals surface area contributed by atoms with E-state index in [0.717, 1.165) is 77.9 Å². The summed E-state index contributed by atoms with van der Waals surface area (Å²) in [6.45, 7) is 12.5. The van der Waals surface area contributed by atoms with E-state index in [1.807, 2.05) is 18.5 Å². The first-order chi connectivity index (χ1) is 20.3. The van der Waals surface area contributed by atoms with Crippen LogP contribution in [0, 0.1) is 5.92 Å². The molecule has 224 valence electrons. The zero-order valence-electron chi connectivity index (χ0n) is 25.0. The van der Waals surface area contributed by atoms with Crippen molar-refractivity contribution < 1.29 is 4.74 Å². The lowest BCUT2D eigenvalue weighted by Crippen LogP contribution is -2.85. The average molecular weight is 563 g/mol. The Labute approximate surface area is 246 Å². The van der Waals surface area contributed by atoms with E-state index in [1.165, 1.54) is 44.9 Å². The fourth-order valence-corrected chi connectivity index (χ4v) is 8.16. The van der Waals surface area contributed by atoms with Crippen LogP contribution in [0.4, 0.5) is 0 Å². The molecule has 5 aliphatic heterocycles. The minimum atomic E-state index is -0.639. The fraction of sp³-hybridized carbons (Fsp3) is 0.688. The summed E-state index contributed by atoms with van der Waals surface area (Å²) >= 11 is 0. The van der Waals surface area contributed by atoms with Crippen molar-refractivity contribution in [2.24, 2.45) is 5.92 Å². The van der Waals surface area contributed by atoms with Crippen molar-refractivity contribution in [1.82, 2.24) is 40.0 Å². The number of nitrogens with one attached hydrogen (secondary N) is 1. The summed E-state index contributed by atoms with van der Waals surface area (Å²) in [5.74, 6) is 1.24. The molecule has 41 heavy (non-hydrogen) atoms. The molecule has 0 aromatic carbocycles. The number of piperazine rings is 1. The molecule has 9 heteroatoms. The van der Waals surface area contributed by atoms with Gasteiger partial charge in [-0.3, -0.25) is 24.7 Å². The van der Waals surface area contributed by atoms with Crippen LogP contribution in [0.15, 0.2) is 55.2 Å². The van der Waals surface area contributed by atoms with E-state index in [0.29, 0.717) is 5.92 Å². The monoisotopic (exact) mass is 562 g/mol. The molecule has 9 nitrogen and oxygen atoms in total. The first-order valence-electron chi connectivity index (χ1n) is 16.2. The van der Waals surface area contributed by atoms with Gasteiger partial charge in [-0.15, -0.1) is 0 Å². The van der Waals surface area contributed by atoms with Gasteiger partial charge in [-0.1, -0.05) is 50.8 Å². The number of rotatable bonds is 10. The smallest absolute Gasteiger partial charge is 0.205 e. The van der Waals surface area contributed by atoms with Gasteiger partial charge >= 0.3 is 0 Å². The van der Waals surface area contributed by atoms with Gasteiger partial charge in [-0.25, -0.2) is 9.97 Å². The van der Waals surface area contributed by atoms with Crippen LogP contribution in [0.3, 0.4) is 0 Å². The number of morpholine rings is 1. The number of hydrogen-bond acceptors (Lipinski definition) is 9. The van der Waals surface area contributed by atoms with Crippen LogP contribution < -0.4 is 5.32 Å². The Morgan fingerprint density at radius 3 is 2.34 bits per heavy atom. The predicted molar refractivity (Wildman–Crippen MR) is 162 cm³/mol. The standard InChI is InChI=1S/C32H50N8O/c1-2-3-4-6-12-29-13-22-40(39-20-7-5-8-21-39)32(30-34-14-11-15-35-30,38-25-27-41-28-26-38)31(29,36-18-9-10-19-36)37-23-16-33-17-24-37/h5,7-8,11,13-15,20,22,29,33H,2-4,6,9-10,12,16-19,21,23-28H2,1H3. The van der Waals surface area contributed by atoms with Crippen molar-refractivity contribution in [2.45, 2.75) is 63.2 Å². The normalized spacial score (nSPS) is 31.8. The van der Waals surface area contributed by atoms with Crippen LogP contribution in [-0.2, 0) is 10.4 Å². The van der Waals surface area contributed by atoms with E-state index in [1.54, 1.807) is 0 Å². The van der Waals surface area contributed by atoms with Crippen molar-refractivity contribution in [3.63, 3.8) is 0 Å². The second-order valence-corrected chi connectivity index (χ2v) is 12.0. The lowest BCUT2D eigenvalue weighted by Gasteiger charge is -2.70. The van der Waals surface area contributed by atoms with Gasteiger partial charge in [0.1, 0.15) is 5.66 Å². The highest BCUT2D eigenvalue weighted by atomic mass is 16.5. The largest absolute Gasteiger partial charge is 0.379 e. The summed E-state index contributed by atoms with van der Waals surface area (Å²) in [5.41, 5.74) is -0.986. The van der Waals surface area contributed by atoms with Gasteiger partial charge in [-0.2, -0.15) is 0 Å². The van der Waals surface area contributed by atoms with Crippen LogP contribution >= 0.6 is 0 Å². The molecule has 0 aliphatic carbocycles. The van der Waals surface area contributed by atoms with Crippen molar-refractivity contribution in [1.29, 1.82) is 0 Å². The average Bonchev–Trinajstić information content (AvgIpc) is 3.60. The number of nitrogens with zero attached hydrogens (tertiary/aromatic N) is 7. The zero-order valence-corrected chi connectivity index (χ0v) is 25.0. The summed E-state index contributed by atoms with van der Waals surface area (Å²) < 4.78 is 6.01. The quantitative estimate of drug-likeness (QED) is 0.433. The summed E-state index contributed by atoms with van der Waals surface area (Å²) in [4.78, 5) is 18.8. The van der Waals surface area contributed by atoms with Crippen molar-refractivity contribution in [3.05, 3.63) is 61.0 Å². The fourth-order valence-electron chi connectivity index (χ4n) is 8.16. The first kappa shape index (κ1) is 28.8. The molecule has 1 aromatic rings. The third kappa shape index (κ3) is 5.14. The number of allylic oxidation sites excluding steroid dienone is 2. The SMILES string of the molecule is CCCCCCC1C=CN(N2C=CC=CC2)C(c2ncccn2)(N2CCOCC2)C1(N1CCCC1)N1CCNCC1. The minimum Gasteiger partial charge on any atom is -0.379 e. The minimum absolute atomic E-state index is 0.336. The topological polar surface area (TPSA) is 63.2 Å². The maximum atomic E-state index is 6.01. The molecule has 6 heterocycles. The second-order valence-electron chi connectivity index (χ2n) is 12.0. The molecule has 3 fully saturated rings. The van der Waals surface area contributed by atoms with Crippen LogP contribution in [-0.4, -0.2) is 112 Å². The third-order valence-electron chi connectivity index (χ3n) is 9.80. The van der Waals surface area contributed by atoms with Crippen LogP contribution in [0.2, 0.25) is 0 Å². The Hall–Kier alpha value is -2.30. The van der Waals surface area contributed by atoms with E-state index in [-0.39, 0.29) is 5.66 Å². The van der Waals surface area contributed by atoms with E-state index in [9.17, 15) is 0 Å². The lowest BCUT2D eigenvalue weighted by molar-refractivity contribution is -0.292. The lowest BCUT2D eigenvalue weighted by atomic mass is 9.70. The van der Waals surface area contributed by atoms with Gasteiger partial charge < -0.3 is 10.1 Å². The summed E-state index contributed by atoms with van der Waals surface area (Å²) in [5, 5.41) is 8.59. The molecule has 6 rings (SSSR count). The molecule has 1 N–H and O–H groups in total.